The van der Waals surface area contributed by atoms with E-state index in [0.717, 1.165) is 24.6 Å². The predicted octanol–water partition coefficient (Wildman–Crippen LogP) is 1.82. The van der Waals surface area contributed by atoms with E-state index >= 15 is 0 Å². The lowest BCUT2D eigenvalue weighted by Gasteiger charge is -2.18. The van der Waals surface area contributed by atoms with Crippen LogP contribution in [0.25, 0.3) is 0 Å². The summed E-state index contributed by atoms with van der Waals surface area (Å²) in [5.74, 6) is -1.76. The molecule has 5 heteroatoms. The quantitative estimate of drug-likeness (QED) is 0.845. The highest BCUT2D eigenvalue weighted by Gasteiger charge is 2.28. The molecule has 1 aliphatic carbocycles. The maximum atomic E-state index is 13.0. The van der Waals surface area contributed by atoms with Crippen LogP contribution in [0.3, 0.4) is 0 Å². The van der Waals surface area contributed by atoms with Gasteiger partial charge in [0.2, 0.25) is 0 Å². The molecule has 0 spiro atoms. The number of halogens is 1. The van der Waals surface area contributed by atoms with E-state index in [-0.39, 0.29) is 11.3 Å². The summed E-state index contributed by atoms with van der Waals surface area (Å²) >= 11 is 0. The molecular formula is C12H13FO4. The van der Waals surface area contributed by atoms with E-state index in [9.17, 15) is 14.3 Å². The Hall–Kier alpha value is -1.62. The van der Waals surface area contributed by atoms with Crippen molar-refractivity contribution in [3.05, 3.63) is 29.6 Å². The zero-order valence-electron chi connectivity index (χ0n) is 9.10. The second-order valence-electron chi connectivity index (χ2n) is 4.10. The van der Waals surface area contributed by atoms with Gasteiger partial charge >= 0.3 is 5.97 Å². The molecule has 92 valence electrons. The summed E-state index contributed by atoms with van der Waals surface area (Å²) in [7, 11) is 0. The van der Waals surface area contributed by atoms with Crippen LogP contribution in [0.15, 0.2) is 18.2 Å². The first-order valence-corrected chi connectivity index (χ1v) is 5.45. The summed E-state index contributed by atoms with van der Waals surface area (Å²) in [6, 6.07) is 3.27. The van der Waals surface area contributed by atoms with Crippen molar-refractivity contribution in [1.29, 1.82) is 0 Å². The lowest BCUT2D eigenvalue weighted by Crippen LogP contribution is -2.26. The molecule has 1 aromatic carbocycles. The fraction of sp³-hybridized carbons (Fsp3) is 0.417. The molecule has 0 aliphatic heterocycles. The van der Waals surface area contributed by atoms with Gasteiger partial charge in [0.1, 0.15) is 23.2 Å². The Morgan fingerprint density at radius 1 is 1.41 bits per heavy atom. The summed E-state index contributed by atoms with van der Waals surface area (Å²) in [5.41, 5.74) is -0.0921. The van der Waals surface area contributed by atoms with Gasteiger partial charge in [0.15, 0.2) is 0 Å². The number of hydrogen-bond donors (Lipinski definition) is 2. The molecule has 2 N–H and O–H groups in total. The number of rotatable bonds is 3. The number of ether oxygens (including phenoxy) is 1. The van der Waals surface area contributed by atoms with E-state index in [1.54, 1.807) is 0 Å². The molecule has 1 aliphatic rings. The molecule has 0 heterocycles. The third-order valence-electron chi connectivity index (χ3n) is 2.87. The Labute approximate surface area is 97.6 Å². The number of aliphatic hydroxyl groups excluding tert-OH is 1. The lowest BCUT2D eigenvalue weighted by atomic mass is 10.2. The topological polar surface area (TPSA) is 66.8 Å². The van der Waals surface area contributed by atoms with Gasteiger partial charge in [-0.25, -0.2) is 9.18 Å². The standard InChI is InChI=1S/C12H13FO4/c13-7-4-5-8(12(15)16)11(6-7)17-10-3-1-2-9(10)14/h4-6,9-10,14H,1-3H2,(H,15,16). The zero-order valence-corrected chi connectivity index (χ0v) is 9.10. The van der Waals surface area contributed by atoms with Gasteiger partial charge in [-0.3, -0.25) is 0 Å². The van der Waals surface area contributed by atoms with E-state index in [1.807, 2.05) is 0 Å². The Morgan fingerprint density at radius 3 is 2.76 bits per heavy atom. The first-order chi connectivity index (χ1) is 8.08. The third-order valence-corrected chi connectivity index (χ3v) is 2.87. The summed E-state index contributed by atoms with van der Waals surface area (Å²) in [5, 5.41) is 18.5. The van der Waals surface area contributed by atoms with Crippen molar-refractivity contribution in [2.24, 2.45) is 0 Å². The van der Waals surface area contributed by atoms with E-state index in [0.29, 0.717) is 12.8 Å². The van der Waals surface area contributed by atoms with Gasteiger partial charge in [-0.2, -0.15) is 0 Å². The first kappa shape index (κ1) is 11.9. The molecule has 0 aromatic heterocycles. The average molecular weight is 240 g/mol. The molecule has 2 unspecified atom stereocenters. The Balaban J connectivity index is 2.24. The number of benzene rings is 1. The minimum Gasteiger partial charge on any atom is -0.487 e. The van der Waals surface area contributed by atoms with Crippen molar-refractivity contribution in [2.75, 3.05) is 0 Å². The molecule has 4 nitrogen and oxygen atoms in total. The summed E-state index contributed by atoms with van der Waals surface area (Å²) < 4.78 is 18.4. The van der Waals surface area contributed by atoms with E-state index < -0.39 is 24.0 Å². The lowest BCUT2D eigenvalue weighted by molar-refractivity contribution is 0.0558. The Morgan fingerprint density at radius 2 is 2.18 bits per heavy atom. The average Bonchev–Trinajstić information content (AvgIpc) is 2.64. The maximum Gasteiger partial charge on any atom is 0.339 e. The monoisotopic (exact) mass is 240 g/mol. The normalized spacial score (nSPS) is 23.6. The molecule has 2 rings (SSSR count). The number of aromatic carboxylic acids is 1. The highest BCUT2D eigenvalue weighted by molar-refractivity contribution is 5.90. The van der Waals surface area contributed by atoms with E-state index in [2.05, 4.69) is 0 Å². The number of hydrogen-bond acceptors (Lipinski definition) is 3. The largest absolute Gasteiger partial charge is 0.487 e. The molecule has 1 fully saturated rings. The molecule has 1 saturated carbocycles. The fourth-order valence-electron chi connectivity index (χ4n) is 1.98. The molecule has 0 radical (unpaired) electrons. The number of carbonyl (C=O) groups is 1. The van der Waals surface area contributed by atoms with Gasteiger partial charge in [0, 0.05) is 6.07 Å². The second kappa shape index (κ2) is 4.71. The Bertz CT molecular complexity index is 433. The minimum atomic E-state index is -1.17. The fourth-order valence-corrected chi connectivity index (χ4v) is 1.98. The molecule has 2 atom stereocenters. The van der Waals surface area contributed by atoms with Crippen LogP contribution in [-0.2, 0) is 0 Å². The number of carboxylic acids is 1. The van der Waals surface area contributed by atoms with Crippen LogP contribution in [-0.4, -0.2) is 28.4 Å². The van der Waals surface area contributed by atoms with Crippen molar-refractivity contribution >= 4 is 5.97 Å². The zero-order chi connectivity index (χ0) is 12.4. The third kappa shape index (κ3) is 2.55. The first-order valence-electron chi connectivity index (χ1n) is 5.45. The van der Waals surface area contributed by atoms with Crippen molar-refractivity contribution in [1.82, 2.24) is 0 Å². The van der Waals surface area contributed by atoms with Crippen LogP contribution >= 0.6 is 0 Å². The van der Waals surface area contributed by atoms with Crippen LogP contribution in [0, 0.1) is 5.82 Å². The SMILES string of the molecule is O=C(O)c1ccc(F)cc1OC1CCCC1O. The molecule has 0 saturated heterocycles. The van der Waals surface area contributed by atoms with Gasteiger partial charge in [-0.15, -0.1) is 0 Å². The van der Waals surface area contributed by atoms with Crippen LogP contribution in [0.5, 0.6) is 5.75 Å². The minimum absolute atomic E-state index is 0.0246. The molecular weight excluding hydrogens is 227 g/mol. The van der Waals surface area contributed by atoms with Gasteiger partial charge in [0.25, 0.3) is 0 Å². The predicted molar refractivity (Wildman–Crippen MR) is 57.6 cm³/mol. The van der Waals surface area contributed by atoms with E-state index in [1.165, 1.54) is 0 Å². The van der Waals surface area contributed by atoms with Crippen LogP contribution in [0.1, 0.15) is 29.6 Å². The summed E-state index contributed by atoms with van der Waals surface area (Å²) in [6.07, 6.45) is 1.04. The van der Waals surface area contributed by atoms with Crippen molar-refractivity contribution in [2.45, 2.75) is 31.5 Å². The Kier molecular flexibility index (Phi) is 3.28. The molecule has 17 heavy (non-hydrogen) atoms. The van der Waals surface area contributed by atoms with Gasteiger partial charge in [-0.1, -0.05) is 0 Å². The van der Waals surface area contributed by atoms with Crippen molar-refractivity contribution in [3.8, 4) is 5.75 Å². The van der Waals surface area contributed by atoms with Crippen LogP contribution in [0.4, 0.5) is 4.39 Å². The van der Waals surface area contributed by atoms with Gasteiger partial charge < -0.3 is 14.9 Å². The highest BCUT2D eigenvalue weighted by atomic mass is 19.1. The van der Waals surface area contributed by atoms with Crippen LogP contribution < -0.4 is 4.74 Å². The molecule has 0 bridgehead atoms. The summed E-state index contributed by atoms with van der Waals surface area (Å²) in [6.45, 7) is 0. The van der Waals surface area contributed by atoms with Gasteiger partial charge in [-0.05, 0) is 31.4 Å². The highest BCUT2D eigenvalue weighted by Crippen LogP contribution is 2.27. The van der Waals surface area contributed by atoms with Crippen molar-refractivity contribution < 1.29 is 24.1 Å². The number of aliphatic hydroxyl groups is 1. The molecule has 0 amide bonds. The number of carboxylic acid groups (broad SMARTS) is 1. The second-order valence-corrected chi connectivity index (χ2v) is 4.10. The van der Waals surface area contributed by atoms with E-state index in [4.69, 9.17) is 9.84 Å². The summed E-state index contributed by atoms with van der Waals surface area (Å²) in [4.78, 5) is 10.9. The van der Waals surface area contributed by atoms with Gasteiger partial charge in [0.05, 0.1) is 6.10 Å². The van der Waals surface area contributed by atoms with Crippen LogP contribution in [0.2, 0.25) is 0 Å². The maximum absolute atomic E-state index is 13.0. The molecule has 1 aromatic rings. The van der Waals surface area contributed by atoms with Crippen molar-refractivity contribution in [3.63, 3.8) is 0 Å². The smallest absolute Gasteiger partial charge is 0.339 e.